The van der Waals surface area contributed by atoms with Gasteiger partial charge in [-0.1, -0.05) is 18.2 Å². The van der Waals surface area contributed by atoms with Crippen LogP contribution >= 0.6 is 0 Å². The number of rotatable bonds is 5. The largest absolute Gasteiger partial charge is 0.341 e. The maximum Gasteiger partial charge on any atom is 0.253 e. The molecule has 4 rings (SSSR count). The number of piperidine rings is 1. The normalized spacial score (nSPS) is 17.8. The van der Waals surface area contributed by atoms with Crippen molar-refractivity contribution in [3.05, 3.63) is 71.5 Å². The lowest BCUT2D eigenvalue weighted by molar-refractivity contribution is -0.134. The number of carbonyl (C=O) groups excluding carboxylic acids is 3. The maximum absolute atomic E-state index is 13.3. The van der Waals surface area contributed by atoms with Crippen LogP contribution in [0.5, 0.6) is 0 Å². The van der Waals surface area contributed by atoms with Gasteiger partial charge in [-0.3, -0.25) is 14.4 Å². The molecule has 2 aromatic rings. The van der Waals surface area contributed by atoms with Gasteiger partial charge in [-0.15, -0.1) is 0 Å². The van der Waals surface area contributed by atoms with E-state index in [1.807, 2.05) is 28.0 Å². The van der Waals surface area contributed by atoms with Crippen molar-refractivity contribution in [2.24, 2.45) is 5.92 Å². The summed E-state index contributed by atoms with van der Waals surface area (Å²) in [6.07, 6.45) is 3.20. The summed E-state index contributed by atoms with van der Waals surface area (Å²) in [6.45, 7) is 2.48. The smallest absolute Gasteiger partial charge is 0.253 e. The van der Waals surface area contributed by atoms with Gasteiger partial charge in [0, 0.05) is 37.3 Å². The van der Waals surface area contributed by atoms with Crippen molar-refractivity contribution in [2.75, 3.05) is 26.2 Å². The highest BCUT2D eigenvalue weighted by Gasteiger charge is 2.37. The monoisotopic (exact) mass is 437 g/mol. The third kappa shape index (κ3) is 4.98. The van der Waals surface area contributed by atoms with Crippen LogP contribution in [0.3, 0.4) is 0 Å². The van der Waals surface area contributed by atoms with Crippen LogP contribution in [0.1, 0.15) is 46.4 Å². The molecule has 1 atom stereocenters. The van der Waals surface area contributed by atoms with Crippen molar-refractivity contribution in [3.8, 4) is 0 Å². The van der Waals surface area contributed by atoms with Crippen LogP contribution in [-0.4, -0.2) is 59.7 Å². The number of carbonyl (C=O) groups is 3. The summed E-state index contributed by atoms with van der Waals surface area (Å²) >= 11 is 0. The Hall–Kier alpha value is -3.22. The highest BCUT2D eigenvalue weighted by Crippen LogP contribution is 2.25. The lowest BCUT2D eigenvalue weighted by Crippen LogP contribution is -2.54. The summed E-state index contributed by atoms with van der Waals surface area (Å²) in [6, 6.07) is 13.8. The van der Waals surface area contributed by atoms with Gasteiger partial charge in [0.1, 0.15) is 11.9 Å². The van der Waals surface area contributed by atoms with Crippen LogP contribution in [-0.2, 0) is 4.79 Å². The molecule has 2 aromatic carbocycles. The van der Waals surface area contributed by atoms with Crippen molar-refractivity contribution in [1.82, 2.24) is 15.1 Å². The lowest BCUT2D eigenvalue weighted by atomic mass is 9.88. The van der Waals surface area contributed by atoms with E-state index in [2.05, 4.69) is 5.32 Å². The van der Waals surface area contributed by atoms with Gasteiger partial charge in [0.25, 0.3) is 11.8 Å². The second-order valence-electron chi connectivity index (χ2n) is 8.49. The molecule has 1 N–H and O–H groups in total. The lowest BCUT2D eigenvalue weighted by Gasteiger charge is -2.37. The average Bonchev–Trinajstić information content (AvgIpc) is 3.38. The van der Waals surface area contributed by atoms with E-state index >= 15 is 0 Å². The van der Waals surface area contributed by atoms with Crippen molar-refractivity contribution < 1.29 is 18.8 Å². The van der Waals surface area contributed by atoms with Crippen LogP contribution < -0.4 is 5.32 Å². The Labute approximate surface area is 187 Å². The summed E-state index contributed by atoms with van der Waals surface area (Å²) < 4.78 is 13.2. The van der Waals surface area contributed by atoms with E-state index in [4.69, 9.17) is 0 Å². The molecule has 0 unspecified atom stereocenters. The van der Waals surface area contributed by atoms with E-state index < -0.39 is 11.9 Å². The van der Waals surface area contributed by atoms with Crippen LogP contribution in [0.25, 0.3) is 0 Å². The zero-order valence-corrected chi connectivity index (χ0v) is 18.0. The van der Waals surface area contributed by atoms with Gasteiger partial charge in [0.05, 0.1) is 0 Å². The highest BCUT2D eigenvalue weighted by atomic mass is 19.1. The Morgan fingerprint density at radius 3 is 2.06 bits per heavy atom. The molecule has 2 fully saturated rings. The number of halogens is 1. The third-order valence-electron chi connectivity index (χ3n) is 6.40. The fourth-order valence-electron chi connectivity index (χ4n) is 4.54. The highest BCUT2D eigenvalue weighted by molar-refractivity contribution is 5.97. The molecule has 2 saturated heterocycles. The molecule has 7 heteroatoms. The van der Waals surface area contributed by atoms with Crippen molar-refractivity contribution in [3.63, 3.8) is 0 Å². The Morgan fingerprint density at radius 2 is 1.44 bits per heavy atom. The van der Waals surface area contributed by atoms with Gasteiger partial charge < -0.3 is 15.1 Å². The molecule has 3 amide bonds. The van der Waals surface area contributed by atoms with Gasteiger partial charge in [0.15, 0.2) is 0 Å². The van der Waals surface area contributed by atoms with Crippen LogP contribution in [0.15, 0.2) is 54.6 Å². The number of hydrogen-bond donors (Lipinski definition) is 1. The standard InChI is InChI=1S/C25H28FN3O3/c26-21-10-8-19(9-11-21)23(30)27-22(25(32)28-14-4-5-15-28)18-12-16-29(17-13-18)24(31)20-6-2-1-3-7-20/h1-3,6-11,18,22H,4-5,12-17H2,(H,27,30)/t22-/m0/s1. The Kier molecular flexibility index (Phi) is 6.83. The van der Waals surface area contributed by atoms with Crippen molar-refractivity contribution >= 4 is 17.7 Å². The van der Waals surface area contributed by atoms with E-state index in [0.717, 1.165) is 12.8 Å². The average molecular weight is 438 g/mol. The van der Waals surface area contributed by atoms with Crippen LogP contribution in [0, 0.1) is 11.7 Å². The number of hydrogen-bond acceptors (Lipinski definition) is 3. The van der Waals surface area contributed by atoms with Gasteiger partial charge >= 0.3 is 0 Å². The summed E-state index contributed by atoms with van der Waals surface area (Å²) in [4.78, 5) is 42.5. The third-order valence-corrected chi connectivity index (χ3v) is 6.40. The molecule has 0 spiro atoms. The van der Waals surface area contributed by atoms with E-state index in [1.54, 1.807) is 12.1 Å². The van der Waals surface area contributed by atoms with E-state index in [-0.39, 0.29) is 23.6 Å². The van der Waals surface area contributed by atoms with E-state index in [0.29, 0.717) is 50.1 Å². The molecule has 0 saturated carbocycles. The summed E-state index contributed by atoms with van der Waals surface area (Å²) in [5, 5.41) is 2.92. The van der Waals surface area contributed by atoms with Gasteiger partial charge in [-0.25, -0.2) is 4.39 Å². The summed E-state index contributed by atoms with van der Waals surface area (Å²) in [5.74, 6) is -0.938. The fourth-order valence-corrected chi connectivity index (χ4v) is 4.54. The minimum absolute atomic E-state index is 0.0122. The predicted octanol–water partition coefficient (Wildman–Crippen LogP) is 3.10. The molecule has 0 aliphatic carbocycles. The van der Waals surface area contributed by atoms with Gasteiger partial charge in [0.2, 0.25) is 5.91 Å². The molecule has 2 heterocycles. The number of likely N-dealkylation sites (tertiary alicyclic amines) is 2. The zero-order chi connectivity index (χ0) is 22.5. The first-order chi connectivity index (χ1) is 15.5. The van der Waals surface area contributed by atoms with Crippen LogP contribution in [0.4, 0.5) is 4.39 Å². The maximum atomic E-state index is 13.3. The second kappa shape index (κ2) is 9.94. The molecular formula is C25H28FN3O3. The zero-order valence-electron chi connectivity index (χ0n) is 18.0. The fraction of sp³-hybridized carbons (Fsp3) is 0.400. The topological polar surface area (TPSA) is 69.7 Å². The Bertz CT molecular complexity index is 950. The molecule has 2 aliphatic heterocycles. The minimum Gasteiger partial charge on any atom is -0.341 e. The first kappa shape index (κ1) is 22.0. The summed E-state index contributed by atoms with van der Waals surface area (Å²) in [5.41, 5.74) is 0.975. The molecule has 0 radical (unpaired) electrons. The Morgan fingerprint density at radius 1 is 0.812 bits per heavy atom. The number of nitrogens with zero attached hydrogens (tertiary/aromatic N) is 2. The molecule has 6 nitrogen and oxygen atoms in total. The second-order valence-corrected chi connectivity index (χ2v) is 8.49. The van der Waals surface area contributed by atoms with Crippen LogP contribution in [0.2, 0.25) is 0 Å². The quantitative estimate of drug-likeness (QED) is 0.782. The van der Waals surface area contributed by atoms with Crippen molar-refractivity contribution in [2.45, 2.75) is 31.7 Å². The first-order valence-electron chi connectivity index (χ1n) is 11.2. The van der Waals surface area contributed by atoms with E-state index in [9.17, 15) is 18.8 Å². The molecule has 0 bridgehead atoms. The molecular weight excluding hydrogens is 409 g/mol. The number of amides is 3. The van der Waals surface area contributed by atoms with E-state index in [1.165, 1.54) is 24.3 Å². The number of nitrogens with one attached hydrogen (secondary N) is 1. The molecule has 0 aromatic heterocycles. The van der Waals surface area contributed by atoms with Gasteiger partial charge in [-0.05, 0) is 68.0 Å². The SMILES string of the molecule is O=C(N[C@H](C(=O)N1CCCC1)C1CCN(C(=O)c2ccccc2)CC1)c1ccc(F)cc1. The molecule has 168 valence electrons. The molecule has 32 heavy (non-hydrogen) atoms. The van der Waals surface area contributed by atoms with Crippen molar-refractivity contribution in [1.29, 1.82) is 0 Å². The summed E-state index contributed by atoms with van der Waals surface area (Å²) in [7, 11) is 0. The van der Waals surface area contributed by atoms with Gasteiger partial charge in [-0.2, -0.15) is 0 Å². The Balaban J connectivity index is 1.45. The predicted molar refractivity (Wildman–Crippen MR) is 119 cm³/mol. The minimum atomic E-state index is -0.653. The molecule has 2 aliphatic rings. The number of benzene rings is 2. The first-order valence-corrected chi connectivity index (χ1v) is 11.2.